The number of nitroso groups, excluding NO2 is 1. The van der Waals surface area contributed by atoms with Gasteiger partial charge in [0.05, 0.1) is 0 Å². The molecule has 2 fully saturated rings. The van der Waals surface area contributed by atoms with E-state index in [1.165, 1.54) is 43.2 Å². The molecule has 1 saturated heterocycles. The van der Waals surface area contributed by atoms with Crippen molar-refractivity contribution in [2.45, 2.75) is 50.5 Å². The third-order valence-corrected chi connectivity index (χ3v) is 4.86. The first-order chi connectivity index (χ1) is 8.76. The highest BCUT2D eigenvalue weighted by atomic mass is 16.3. The molecule has 0 spiro atoms. The van der Waals surface area contributed by atoms with E-state index >= 15 is 0 Å². The van der Waals surface area contributed by atoms with Crippen LogP contribution in [0, 0.1) is 11.8 Å². The van der Waals surface area contributed by atoms with Gasteiger partial charge < -0.3 is 5.32 Å². The maximum atomic E-state index is 10.8. The molecule has 96 valence electrons. The third-order valence-electron chi connectivity index (χ3n) is 4.86. The molecule has 1 aliphatic heterocycles. The maximum Gasteiger partial charge on any atom is 0.108 e. The zero-order chi connectivity index (χ0) is 12.6. The lowest BCUT2D eigenvalue weighted by Gasteiger charge is -2.40. The van der Waals surface area contributed by atoms with Crippen molar-refractivity contribution in [1.82, 2.24) is 5.32 Å². The van der Waals surface area contributed by atoms with Crippen LogP contribution in [0.4, 0.5) is 5.69 Å². The minimum atomic E-state index is 0.253. The van der Waals surface area contributed by atoms with E-state index < -0.39 is 0 Å². The van der Waals surface area contributed by atoms with E-state index in [9.17, 15) is 4.91 Å². The van der Waals surface area contributed by atoms with Gasteiger partial charge in [0.25, 0.3) is 0 Å². The quantitative estimate of drug-likeness (QED) is 0.808. The minimum Gasteiger partial charge on any atom is -0.313 e. The van der Waals surface area contributed by atoms with Crippen LogP contribution in [0.5, 0.6) is 0 Å². The van der Waals surface area contributed by atoms with Crippen molar-refractivity contribution in [3.05, 3.63) is 34.2 Å². The molecule has 3 heteroatoms. The number of nitrogens with zero attached hydrogens (tertiary/aromatic N) is 1. The average molecular weight is 244 g/mol. The van der Waals surface area contributed by atoms with Crippen molar-refractivity contribution >= 4 is 5.69 Å². The van der Waals surface area contributed by atoms with E-state index in [1.54, 1.807) is 0 Å². The van der Waals surface area contributed by atoms with Gasteiger partial charge in [-0.15, -0.1) is 4.91 Å². The monoisotopic (exact) mass is 244 g/mol. The van der Waals surface area contributed by atoms with Crippen LogP contribution in [0.3, 0.4) is 0 Å². The fourth-order valence-corrected chi connectivity index (χ4v) is 3.97. The van der Waals surface area contributed by atoms with Gasteiger partial charge in [-0.05, 0) is 61.2 Å². The summed E-state index contributed by atoms with van der Waals surface area (Å²) in [6, 6.07) is 6.48. The molecule has 1 saturated carbocycles. The number of aryl methyl sites for hydroxylation is 1. The van der Waals surface area contributed by atoms with Crippen LogP contribution in [0.2, 0.25) is 0 Å². The van der Waals surface area contributed by atoms with Crippen LogP contribution in [-0.2, 0) is 5.41 Å². The lowest BCUT2D eigenvalue weighted by atomic mass is 9.65. The highest BCUT2D eigenvalue weighted by Gasteiger charge is 2.45. The van der Waals surface area contributed by atoms with Crippen LogP contribution in [0.15, 0.2) is 23.4 Å². The first-order valence-corrected chi connectivity index (χ1v) is 6.94. The molecule has 2 unspecified atom stereocenters. The second kappa shape index (κ2) is 4.47. The zero-order valence-electron chi connectivity index (χ0n) is 10.9. The van der Waals surface area contributed by atoms with Crippen LogP contribution in [-0.4, -0.2) is 12.6 Å². The Balaban J connectivity index is 2.09. The average Bonchev–Trinajstić information content (AvgIpc) is 2.84. The normalized spacial score (nSPS) is 31.1. The Bertz CT molecular complexity index is 472. The maximum absolute atomic E-state index is 10.8. The van der Waals surface area contributed by atoms with Crippen molar-refractivity contribution in [2.75, 3.05) is 6.54 Å². The molecule has 3 nitrogen and oxygen atoms in total. The van der Waals surface area contributed by atoms with E-state index in [0.29, 0.717) is 11.7 Å². The summed E-state index contributed by atoms with van der Waals surface area (Å²) >= 11 is 0. The van der Waals surface area contributed by atoms with Gasteiger partial charge >= 0.3 is 0 Å². The summed E-state index contributed by atoms with van der Waals surface area (Å²) in [5.74, 6) is 0. The predicted octanol–water partition coefficient (Wildman–Crippen LogP) is 3.57. The highest BCUT2D eigenvalue weighted by molar-refractivity contribution is 5.48. The van der Waals surface area contributed by atoms with Crippen LogP contribution in [0.1, 0.15) is 43.2 Å². The zero-order valence-corrected chi connectivity index (χ0v) is 10.9. The predicted molar refractivity (Wildman–Crippen MR) is 73.2 cm³/mol. The molecular weight excluding hydrogens is 224 g/mol. The number of hydrogen-bond acceptors (Lipinski definition) is 3. The molecule has 3 rings (SSSR count). The van der Waals surface area contributed by atoms with E-state index in [4.69, 9.17) is 0 Å². The van der Waals surface area contributed by atoms with Gasteiger partial charge in [-0.2, -0.15) is 0 Å². The summed E-state index contributed by atoms with van der Waals surface area (Å²) in [5.41, 5.74) is 3.48. The Morgan fingerprint density at radius 3 is 3.06 bits per heavy atom. The molecule has 0 bridgehead atoms. The fraction of sp³-hybridized carbons (Fsp3) is 0.600. The smallest absolute Gasteiger partial charge is 0.108 e. The number of nitrogens with one attached hydrogen (secondary N) is 1. The summed E-state index contributed by atoms with van der Waals surface area (Å²) in [4.78, 5) is 10.8. The number of fused-ring (bicyclic) bond motifs is 1. The number of benzene rings is 1. The first kappa shape index (κ1) is 11.8. The lowest BCUT2D eigenvalue weighted by Crippen LogP contribution is -2.43. The van der Waals surface area contributed by atoms with Crippen molar-refractivity contribution < 1.29 is 0 Å². The molecule has 0 radical (unpaired) electrons. The van der Waals surface area contributed by atoms with E-state index in [2.05, 4.69) is 17.4 Å². The molecule has 18 heavy (non-hydrogen) atoms. The second-order valence-electron chi connectivity index (χ2n) is 5.75. The summed E-state index contributed by atoms with van der Waals surface area (Å²) < 4.78 is 0. The van der Waals surface area contributed by atoms with Gasteiger partial charge in [-0.3, -0.25) is 0 Å². The van der Waals surface area contributed by atoms with Crippen molar-refractivity contribution in [3.63, 3.8) is 0 Å². The standard InChI is InChI=1S/C15H20N2O/c1-11-5-6-12(17-18)10-13(11)15-7-3-2-4-14(15)16-9-8-15/h5-6,10,14,16H,2-4,7-9H2,1H3. The summed E-state index contributed by atoms with van der Waals surface area (Å²) in [6.45, 7) is 3.26. The van der Waals surface area contributed by atoms with Gasteiger partial charge in [0.15, 0.2) is 0 Å². The molecule has 1 aliphatic carbocycles. The Labute approximate surface area is 108 Å². The van der Waals surface area contributed by atoms with Gasteiger partial charge in [-0.1, -0.05) is 18.9 Å². The summed E-state index contributed by atoms with van der Waals surface area (Å²) in [5, 5.41) is 6.76. The molecule has 1 heterocycles. The second-order valence-corrected chi connectivity index (χ2v) is 5.75. The Hall–Kier alpha value is -1.22. The van der Waals surface area contributed by atoms with Crippen molar-refractivity contribution in [3.8, 4) is 0 Å². The molecule has 2 atom stereocenters. The highest BCUT2D eigenvalue weighted by Crippen LogP contribution is 2.46. The Morgan fingerprint density at radius 2 is 2.22 bits per heavy atom. The third kappa shape index (κ3) is 1.69. The topological polar surface area (TPSA) is 41.5 Å². The SMILES string of the molecule is Cc1ccc(N=O)cc1C12CCCCC1NCC2. The lowest BCUT2D eigenvalue weighted by molar-refractivity contribution is 0.266. The fourth-order valence-electron chi connectivity index (χ4n) is 3.97. The minimum absolute atomic E-state index is 0.253. The van der Waals surface area contributed by atoms with E-state index in [1.807, 2.05) is 18.2 Å². The molecular formula is C15H20N2O. The van der Waals surface area contributed by atoms with Crippen LogP contribution >= 0.6 is 0 Å². The Morgan fingerprint density at radius 1 is 1.33 bits per heavy atom. The molecule has 1 N–H and O–H groups in total. The van der Waals surface area contributed by atoms with E-state index in [-0.39, 0.29) is 5.41 Å². The molecule has 1 aromatic carbocycles. The number of rotatable bonds is 2. The molecule has 2 aliphatic rings. The molecule has 1 aromatic rings. The van der Waals surface area contributed by atoms with Gasteiger partial charge in [0, 0.05) is 11.5 Å². The first-order valence-electron chi connectivity index (χ1n) is 6.94. The largest absolute Gasteiger partial charge is 0.313 e. The van der Waals surface area contributed by atoms with Gasteiger partial charge in [0.2, 0.25) is 0 Å². The van der Waals surface area contributed by atoms with Gasteiger partial charge in [-0.25, -0.2) is 0 Å². The van der Waals surface area contributed by atoms with Crippen LogP contribution in [0.25, 0.3) is 0 Å². The summed E-state index contributed by atoms with van der Waals surface area (Å²) in [6.07, 6.45) is 6.33. The summed E-state index contributed by atoms with van der Waals surface area (Å²) in [7, 11) is 0. The Kier molecular flexibility index (Phi) is 2.94. The number of hydrogen-bond donors (Lipinski definition) is 1. The van der Waals surface area contributed by atoms with Gasteiger partial charge in [0.1, 0.15) is 5.69 Å². The van der Waals surface area contributed by atoms with E-state index in [0.717, 1.165) is 6.54 Å². The van der Waals surface area contributed by atoms with Crippen molar-refractivity contribution in [2.24, 2.45) is 5.18 Å². The molecule has 0 amide bonds. The molecule has 0 aromatic heterocycles. The van der Waals surface area contributed by atoms with Crippen LogP contribution < -0.4 is 5.32 Å². The van der Waals surface area contributed by atoms with Crippen molar-refractivity contribution in [1.29, 1.82) is 0 Å².